The van der Waals surface area contributed by atoms with E-state index in [0.29, 0.717) is 5.92 Å². The van der Waals surface area contributed by atoms with Crippen molar-refractivity contribution in [3.63, 3.8) is 0 Å². The predicted octanol–water partition coefficient (Wildman–Crippen LogP) is 3.24. The number of benzene rings is 1. The van der Waals surface area contributed by atoms with Crippen molar-refractivity contribution in [2.45, 2.75) is 39.0 Å². The van der Waals surface area contributed by atoms with Crippen molar-refractivity contribution >= 4 is 0 Å². The zero-order valence-corrected chi connectivity index (χ0v) is 10.6. The zero-order chi connectivity index (χ0) is 12.0. The van der Waals surface area contributed by atoms with Gasteiger partial charge in [-0.3, -0.25) is 0 Å². The number of methoxy groups -OCH3 is 1. The van der Waals surface area contributed by atoms with Crippen LogP contribution in [0.15, 0.2) is 18.2 Å². The van der Waals surface area contributed by atoms with Crippen LogP contribution in [0.1, 0.15) is 43.2 Å². The van der Waals surface area contributed by atoms with Gasteiger partial charge in [0.05, 0.1) is 7.11 Å². The summed E-state index contributed by atoms with van der Waals surface area (Å²) in [5.41, 5.74) is 8.11. The van der Waals surface area contributed by atoms with Gasteiger partial charge < -0.3 is 10.5 Å². The molecule has 2 N–H and O–H groups in total. The molecule has 0 aliphatic rings. The fourth-order valence-corrected chi connectivity index (χ4v) is 1.97. The Morgan fingerprint density at radius 1 is 1.31 bits per heavy atom. The molecule has 90 valence electrons. The highest BCUT2D eigenvalue weighted by atomic mass is 16.5. The maximum atomic E-state index is 5.50. The van der Waals surface area contributed by atoms with Gasteiger partial charge in [-0.15, -0.1) is 0 Å². The largest absolute Gasteiger partial charge is 0.496 e. The third kappa shape index (κ3) is 3.53. The Balaban J connectivity index is 2.62. The fraction of sp³-hybridized carbons (Fsp3) is 0.571. The van der Waals surface area contributed by atoms with Crippen molar-refractivity contribution in [1.29, 1.82) is 0 Å². The molecule has 2 heteroatoms. The molecule has 1 aromatic carbocycles. The summed E-state index contributed by atoms with van der Waals surface area (Å²) in [7, 11) is 1.71. The second-order valence-electron chi connectivity index (χ2n) is 4.41. The maximum absolute atomic E-state index is 5.50. The van der Waals surface area contributed by atoms with E-state index in [2.05, 4.69) is 32.0 Å². The molecule has 0 spiro atoms. The third-order valence-corrected chi connectivity index (χ3v) is 3.08. The van der Waals surface area contributed by atoms with Crippen LogP contribution >= 0.6 is 0 Å². The number of nitrogens with two attached hydrogens (primary N) is 1. The fourth-order valence-electron chi connectivity index (χ4n) is 1.97. The first kappa shape index (κ1) is 13.0. The number of unbranched alkanes of at least 4 members (excludes halogenated alkanes) is 1. The van der Waals surface area contributed by atoms with Gasteiger partial charge in [-0.2, -0.15) is 0 Å². The highest BCUT2D eigenvalue weighted by Gasteiger charge is 2.07. The lowest BCUT2D eigenvalue weighted by Crippen LogP contribution is -2.00. The molecule has 0 heterocycles. The molecule has 0 fully saturated rings. The van der Waals surface area contributed by atoms with E-state index in [0.717, 1.165) is 18.7 Å². The van der Waals surface area contributed by atoms with Gasteiger partial charge in [-0.1, -0.05) is 25.5 Å². The third-order valence-electron chi connectivity index (χ3n) is 3.08. The highest BCUT2D eigenvalue weighted by molar-refractivity contribution is 5.37. The SMILES string of the molecule is COc1ccc(C(C)CCCCN)cc1C. The average Bonchev–Trinajstić information content (AvgIpc) is 2.29. The molecule has 0 aromatic heterocycles. The molecule has 2 nitrogen and oxygen atoms in total. The molecule has 0 radical (unpaired) electrons. The summed E-state index contributed by atoms with van der Waals surface area (Å²) < 4.78 is 5.26. The molecule has 16 heavy (non-hydrogen) atoms. The maximum Gasteiger partial charge on any atom is 0.121 e. The lowest BCUT2D eigenvalue weighted by molar-refractivity contribution is 0.411. The van der Waals surface area contributed by atoms with Crippen molar-refractivity contribution in [2.75, 3.05) is 13.7 Å². The second-order valence-corrected chi connectivity index (χ2v) is 4.41. The van der Waals surface area contributed by atoms with E-state index in [-0.39, 0.29) is 0 Å². The topological polar surface area (TPSA) is 35.2 Å². The zero-order valence-electron chi connectivity index (χ0n) is 10.6. The quantitative estimate of drug-likeness (QED) is 0.748. The molecular weight excluding hydrogens is 198 g/mol. The van der Waals surface area contributed by atoms with Gasteiger partial charge in [0.15, 0.2) is 0 Å². The molecule has 1 aromatic rings. The standard InChI is InChI=1S/C14H23NO/c1-11(6-4-5-9-15)13-7-8-14(16-3)12(2)10-13/h7-8,10-11H,4-6,9,15H2,1-3H3. The Kier molecular flexibility index (Phi) is 5.33. The minimum absolute atomic E-state index is 0.608. The number of aryl methyl sites for hydroxylation is 1. The van der Waals surface area contributed by atoms with Crippen LogP contribution < -0.4 is 10.5 Å². The summed E-state index contributed by atoms with van der Waals surface area (Å²) in [6, 6.07) is 6.45. The number of rotatable bonds is 6. The van der Waals surface area contributed by atoms with Crippen LogP contribution in [-0.4, -0.2) is 13.7 Å². The first-order chi connectivity index (χ1) is 7.69. The lowest BCUT2D eigenvalue weighted by Gasteiger charge is -2.13. The molecular formula is C14H23NO. The van der Waals surface area contributed by atoms with E-state index < -0.39 is 0 Å². The number of hydrogen-bond acceptors (Lipinski definition) is 2. The van der Waals surface area contributed by atoms with Gasteiger partial charge in [-0.05, 0) is 49.4 Å². The smallest absolute Gasteiger partial charge is 0.121 e. The van der Waals surface area contributed by atoms with Crippen molar-refractivity contribution in [3.05, 3.63) is 29.3 Å². The van der Waals surface area contributed by atoms with Gasteiger partial charge in [0.1, 0.15) is 5.75 Å². The van der Waals surface area contributed by atoms with Crippen LogP contribution in [0.5, 0.6) is 5.75 Å². The van der Waals surface area contributed by atoms with Crippen molar-refractivity contribution in [3.8, 4) is 5.75 Å². The predicted molar refractivity (Wildman–Crippen MR) is 69.1 cm³/mol. The van der Waals surface area contributed by atoms with E-state index in [1.165, 1.54) is 24.0 Å². The Hall–Kier alpha value is -1.02. The van der Waals surface area contributed by atoms with Crippen LogP contribution in [0, 0.1) is 6.92 Å². The van der Waals surface area contributed by atoms with Crippen LogP contribution in [0.2, 0.25) is 0 Å². The lowest BCUT2D eigenvalue weighted by atomic mass is 9.94. The van der Waals surface area contributed by atoms with E-state index in [1.807, 2.05) is 0 Å². The summed E-state index contributed by atoms with van der Waals surface area (Å²) in [4.78, 5) is 0. The Bertz CT molecular complexity index is 323. The summed E-state index contributed by atoms with van der Waals surface area (Å²) in [6.07, 6.45) is 3.55. The highest BCUT2D eigenvalue weighted by Crippen LogP contribution is 2.26. The summed E-state index contributed by atoms with van der Waals surface area (Å²) in [6.45, 7) is 5.17. The molecule has 1 rings (SSSR count). The summed E-state index contributed by atoms with van der Waals surface area (Å²) in [5.74, 6) is 1.58. The molecule has 1 unspecified atom stereocenters. The van der Waals surface area contributed by atoms with Gasteiger partial charge in [-0.25, -0.2) is 0 Å². The van der Waals surface area contributed by atoms with Gasteiger partial charge in [0.25, 0.3) is 0 Å². The van der Waals surface area contributed by atoms with Crippen LogP contribution in [0.3, 0.4) is 0 Å². The number of hydrogen-bond donors (Lipinski definition) is 1. The van der Waals surface area contributed by atoms with Gasteiger partial charge in [0.2, 0.25) is 0 Å². The van der Waals surface area contributed by atoms with E-state index in [1.54, 1.807) is 7.11 Å². The molecule has 0 aliphatic heterocycles. The van der Waals surface area contributed by atoms with Crippen LogP contribution in [0.25, 0.3) is 0 Å². The van der Waals surface area contributed by atoms with E-state index >= 15 is 0 Å². The molecule has 0 aliphatic carbocycles. The van der Waals surface area contributed by atoms with Crippen molar-refractivity contribution in [1.82, 2.24) is 0 Å². The molecule has 0 saturated heterocycles. The van der Waals surface area contributed by atoms with Gasteiger partial charge in [0, 0.05) is 0 Å². The first-order valence-electron chi connectivity index (χ1n) is 6.03. The average molecular weight is 221 g/mol. The van der Waals surface area contributed by atoms with Crippen LogP contribution in [-0.2, 0) is 0 Å². The van der Waals surface area contributed by atoms with Crippen molar-refractivity contribution in [2.24, 2.45) is 5.73 Å². The molecule has 1 atom stereocenters. The molecule has 0 saturated carbocycles. The van der Waals surface area contributed by atoms with Gasteiger partial charge >= 0.3 is 0 Å². The first-order valence-corrected chi connectivity index (χ1v) is 6.03. The Morgan fingerprint density at radius 3 is 2.62 bits per heavy atom. The summed E-state index contributed by atoms with van der Waals surface area (Å²) in [5, 5.41) is 0. The van der Waals surface area contributed by atoms with E-state index in [4.69, 9.17) is 10.5 Å². The number of ether oxygens (including phenoxy) is 1. The molecule has 0 bridgehead atoms. The molecule has 0 amide bonds. The monoisotopic (exact) mass is 221 g/mol. The Morgan fingerprint density at radius 2 is 2.06 bits per heavy atom. The normalized spacial score (nSPS) is 12.5. The van der Waals surface area contributed by atoms with Crippen molar-refractivity contribution < 1.29 is 4.74 Å². The minimum Gasteiger partial charge on any atom is -0.496 e. The van der Waals surface area contributed by atoms with Crippen LogP contribution in [0.4, 0.5) is 0 Å². The second kappa shape index (κ2) is 6.54. The van der Waals surface area contributed by atoms with E-state index in [9.17, 15) is 0 Å². The minimum atomic E-state index is 0.608. The summed E-state index contributed by atoms with van der Waals surface area (Å²) >= 11 is 0. The Labute approximate surface area is 98.8 Å².